The number of methoxy groups -OCH3 is 1. The minimum atomic E-state index is -0.647. The number of hydrogen-bond donors (Lipinski definition) is 2. The van der Waals surface area contributed by atoms with E-state index in [-0.39, 0.29) is 22.2 Å². The summed E-state index contributed by atoms with van der Waals surface area (Å²) < 4.78 is 5.39. The van der Waals surface area contributed by atoms with Crippen molar-refractivity contribution in [3.8, 4) is 0 Å². The molecule has 5 nitrogen and oxygen atoms in total. The SMILES string of the molecule is COC(=O)C1=C(C(=O)c2cccs2)[C@H](c2ccc(Cl)s2)NC(=S)N1. The normalized spacial score (nSPS) is 17.2. The van der Waals surface area contributed by atoms with E-state index in [1.807, 2.05) is 0 Å². The van der Waals surface area contributed by atoms with Crippen LogP contribution in [0.1, 0.15) is 20.6 Å². The van der Waals surface area contributed by atoms with Gasteiger partial charge >= 0.3 is 5.97 Å². The van der Waals surface area contributed by atoms with Crippen molar-refractivity contribution in [1.29, 1.82) is 0 Å². The van der Waals surface area contributed by atoms with Crippen molar-refractivity contribution in [2.75, 3.05) is 7.11 Å². The zero-order valence-corrected chi connectivity index (χ0v) is 15.5. The van der Waals surface area contributed by atoms with E-state index in [0.717, 1.165) is 4.88 Å². The third-order valence-electron chi connectivity index (χ3n) is 3.33. The van der Waals surface area contributed by atoms with Gasteiger partial charge in [-0.1, -0.05) is 17.7 Å². The molecular weight excluding hydrogens is 388 g/mol. The second-order valence-corrected chi connectivity index (χ2v) is 7.86. The Labute approximate surface area is 156 Å². The highest BCUT2D eigenvalue weighted by atomic mass is 35.5. The highest BCUT2D eigenvalue weighted by molar-refractivity contribution is 7.80. The number of Topliss-reactive ketones (excluding diaryl/α,β-unsaturated/α-hetero) is 1. The van der Waals surface area contributed by atoms with Gasteiger partial charge in [0.15, 0.2) is 5.11 Å². The first-order valence-corrected chi connectivity index (χ1v) is 9.23. The van der Waals surface area contributed by atoms with Crippen molar-refractivity contribution >= 4 is 63.4 Å². The summed E-state index contributed by atoms with van der Waals surface area (Å²) in [4.78, 5) is 26.5. The van der Waals surface area contributed by atoms with Crippen LogP contribution in [0.15, 0.2) is 40.9 Å². The van der Waals surface area contributed by atoms with E-state index in [2.05, 4.69) is 10.6 Å². The van der Waals surface area contributed by atoms with Gasteiger partial charge in [-0.25, -0.2) is 4.79 Å². The molecule has 0 spiro atoms. The predicted octanol–water partition coefficient (Wildman–Crippen LogP) is 3.29. The van der Waals surface area contributed by atoms with Crippen LogP contribution in [0, 0.1) is 0 Å². The van der Waals surface area contributed by atoms with Crippen molar-refractivity contribution in [3.63, 3.8) is 0 Å². The molecule has 0 aliphatic carbocycles. The number of ether oxygens (including phenoxy) is 1. The molecule has 0 fully saturated rings. The highest BCUT2D eigenvalue weighted by Gasteiger charge is 2.36. The Morgan fingerprint density at radius 2 is 2.12 bits per heavy atom. The number of esters is 1. The van der Waals surface area contributed by atoms with Gasteiger partial charge < -0.3 is 15.4 Å². The Balaban J connectivity index is 2.16. The van der Waals surface area contributed by atoms with Gasteiger partial charge in [-0.2, -0.15) is 0 Å². The van der Waals surface area contributed by atoms with E-state index in [1.54, 1.807) is 29.6 Å². The monoisotopic (exact) mass is 398 g/mol. The molecule has 1 aliphatic heterocycles. The number of nitrogens with one attached hydrogen (secondary N) is 2. The van der Waals surface area contributed by atoms with Crippen molar-refractivity contribution in [1.82, 2.24) is 10.6 Å². The Morgan fingerprint density at radius 3 is 2.71 bits per heavy atom. The molecule has 0 aromatic carbocycles. The average Bonchev–Trinajstić information content (AvgIpc) is 3.24. The summed E-state index contributed by atoms with van der Waals surface area (Å²) in [5.74, 6) is -0.908. The largest absolute Gasteiger partial charge is 0.464 e. The Kier molecular flexibility index (Phi) is 5.00. The van der Waals surface area contributed by atoms with Crippen molar-refractivity contribution in [3.05, 3.63) is 55.0 Å². The van der Waals surface area contributed by atoms with E-state index in [0.29, 0.717) is 9.21 Å². The lowest BCUT2D eigenvalue weighted by Gasteiger charge is -2.29. The van der Waals surface area contributed by atoms with Crippen LogP contribution in [-0.4, -0.2) is 24.0 Å². The lowest BCUT2D eigenvalue weighted by Crippen LogP contribution is -2.47. The molecule has 3 rings (SSSR count). The molecule has 1 aliphatic rings. The third-order valence-corrected chi connectivity index (χ3v) is 5.71. The molecule has 2 aromatic rings. The van der Waals surface area contributed by atoms with Gasteiger partial charge in [0.1, 0.15) is 5.70 Å². The topological polar surface area (TPSA) is 67.4 Å². The Hall–Kier alpha value is -1.74. The molecule has 0 radical (unpaired) electrons. The number of rotatable bonds is 4. The van der Waals surface area contributed by atoms with Crippen LogP contribution >= 0.6 is 46.5 Å². The van der Waals surface area contributed by atoms with Gasteiger partial charge in [0.2, 0.25) is 5.78 Å². The summed E-state index contributed by atoms with van der Waals surface area (Å²) in [5.41, 5.74) is 0.311. The molecule has 2 N–H and O–H groups in total. The molecule has 0 saturated carbocycles. The smallest absolute Gasteiger partial charge is 0.355 e. The van der Waals surface area contributed by atoms with Crippen LogP contribution < -0.4 is 10.6 Å². The molecule has 3 heterocycles. The first-order chi connectivity index (χ1) is 11.5. The maximum atomic E-state index is 13.0. The number of hydrogen-bond acceptors (Lipinski definition) is 6. The summed E-state index contributed by atoms with van der Waals surface area (Å²) in [5, 5.41) is 7.83. The average molecular weight is 399 g/mol. The zero-order valence-electron chi connectivity index (χ0n) is 12.3. The standard InChI is InChI=1S/C15H11ClN2O3S3/c1-21-14(20)12-10(13(19)8-3-2-6-23-8)11(17-15(22)18-12)7-4-5-9(16)24-7/h2-6,11H,1H3,(H2,17,18,22)/t11-/m0/s1. The van der Waals surface area contributed by atoms with Gasteiger partial charge in [0.05, 0.1) is 27.9 Å². The molecule has 0 bridgehead atoms. The van der Waals surface area contributed by atoms with E-state index in [4.69, 9.17) is 28.6 Å². The summed E-state index contributed by atoms with van der Waals surface area (Å²) in [6.45, 7) is 0. The number of halogens is 1. The molecule has 124 valence electrons. The van der Waals surface area contributed by atoms with Gasteiger partial charge in [0.25, 0.3) is 0 Å². The lowest BCUT2D eigenvalue weighted by molar-refractivity contribution is -0.136. The van der Waals surface area contributed by atoms with Gasteiger partial charge in [-0.05, 0) is 35.8 Å². The molecule has 2 aromatic heterocycles. The van der Waals surface area contributed by atoms with Crippen molar-refractivity contribution < 1.29 is 14.3 Å². The third kappa shape index (κ3) is 3.23. The number of ketones is 1. The van der Waals surface area contributed by atoms with E-state index in [9.17, 15) is 9.59 Å². The van der Waals surface area contributed by atoms with E-state index in [1.165, 1.54) is 29.8 Å². The van der Waals surface area contributed by atoms with E-state index >= 15 is 0 Å². The fraction of sp³-hybridized carbons (Fsp3) is 0.133. The van der Waals surface area contributed by atoms with Crippen molar-refractivity contribution in [2.24, 2.45) is 0 Å². The fourth-order valence-corrected chi connectivity index (χ4v) is 4.33. The molecule has 0 unspecified atom stereocenters. The highest BCUT2D eigenvalue weighted by Crippen LogP contribution is 2.35. The van der Waals surface area contributed by atoms with Gasteiger partial charge in [-0.3, -0.25) is 4.79 Å². The Bertz CT molecular complexity index is 842. The molecule has 24 heavy (non-hydrogen) atoms. The first-order valence-electron chi connectivity index (χ1n) is 6.74. The van der Waals surface area contributed by atoms with E-state index < -0.39 is 12.0 Å². The molecule has 0 amide bonds. The number of thiocarbonyl (C=S) groups is 1. The molecule has 0 saturated heterocycles. The van der Waals surface area contributed by atoms with Crippen LogP contribution in [0.2, 0.25) is 4.34 Å². The maximum absolute atomic E-state index is 13.0. The van der Waals surface area contributed by atoms with Crippen LogP contribution in [0.4, 0.5) is 0 Å². The second-order valence-electron chi connectivity index (χ2n) is 4.76. The summed E-state index contributed by atoms with van der Waals surface area (Å²) in [6.07, 6.45) is 0. The minimum Gasteiger partial charge on any atom is -0.464 e. The predicted molar refractivity (Wildman–Crippen MR) is 98.6 cm³/mol. The summed E-state index contributed by atoms with van der Waals surface area (Å²) in [7, 11) is 1.26. The minimum absolute atomic E-state index is 0.0502. The molecule has 1 atom stereocenters. The summed E-state index contributed by atoms with van der Waals surface area (Å²) >= 11 is 13.8. The second kappa shape index (κ2) is 7.02. The quantitative estimate of drug-likeness (QED) is 0.468. The van der Waals surface area contributed by atoms with Crippen LogP contribution in [0.25, 0.3) is 0 Å². The molecule has 9 heteroatoms. The number of carbonyl (C=O) groups excluding carboxylic acids is 2. The van der Waals surface area contributed by atoms with Crippen LogP contribution in [0.3, 0.4) is 0 Å². The molecular formula is C15H11ClN2O3S3. The number of carbonyl (C=O) groups is 2. The number of thiophene rings is 2. The van der Waals surface area contributed by atoms with Gasteiger partial charge in [0, 0.05) is 4.88 Å². The van der Waals surface area contributed by atoms with Crippen LogP contribution in [0.5, 0.6) is 0 Å². The lowest BCUT2D eigenvalue weighted by atomic mass is 9.96. The Morgan fingerprint density at radius 1 is 1.33 bits per heavy atom. The van der Waals surface area contributed by atoms with Crippen molar-refractivity contribution in [2.45, 2.75) is 6.04 Å². The summed E-state index contributed by atoms with van der Waals surface area (Å²) in [6, 6.07) is 6.45. The fourth-order valence-electron chi connectivity index (χ4n) is 2.31. The maximum Gasteiger partial charge on any atom is 0.355 e. The van der Waals surface area contributed by atoms with Crippen LogP contribution in [-0.2, 0) is 9.53 Å². The van der Waals surface area contributed by atoms with Gasteiger partial charge in [-0.15, -0.1) is 22.7 Å². The first kappa shape index (κ1) is 17.1. The zero-order chi connectivity index (χ0) is 17.3.